The molecule has 0 amide bonds. The van der Waals surface area contributed by atoms with Gasteiger partial charge in [0.05, 0.1) is 13.0 Å². The third-order valence-corrected chi connectivity index (χ3v) is 2.29. The Morgan fingerprint density at radius 3 is 2.63 bits per heavy atom. The van der Waals surface area contributed by atoms with Crippen molar-refractivity contribution in [1.29, 1.82) is 0 Å². The van der Waals surface area contributed by atoms with Gasteiger partial charge in [0.1, 0.15) is 0 Å². The first-order valence-electron chi connectivity index (χ1n) is 5.63. The van der Waals surface area contributed by atoms with Gasteiger partial charge in [-0.25, -0.2) is 0 Å². The van der Waals surface area contributed by atoms with E-state index >= 15 is 0 Å². The predicted octanol–water partition coefficient (Wildman–Crippen LogP) is 3.55. The summed E-state index contributed by atoms with van der Waals surface area (Å²) < 4.78 is 35.7. The SMILES string of the molecule is CCc1cccc(NC(N)=NCCC(F)(F)F)c1.I. The summed E-state index contributed by atoms with van der Waals surface area (Å²) in [5.41, 5.74) is 7.34. The quantitative estimate of drug-likeness (QED) is 0.472. The highest BCUT2D eigenvalue weighted by molar-refractivity contribution is 14.0. The number of anilines is 1. The topological polar surface area (TPSA) is 50.4 Å². The van der Waals surface area contributed by atoms with Gasteiger partial charge < -0.3 is 11.1 Å². The number of aryl methyl sites for hydroxylation is 1. The Kier molecular flexibility index (Phi) is 7.81. The smallest absolute Gasteiger partial charge is 0.370 e. The lowest BCUT2D eigenvalue weighted by Gasteiger charge is -2.07. The van der Waals surface area contributed by atoms with E-state index in [1.54, 1.807) is 6.07 Å². The van der Waals surface area contributed by atoms with Crippen LogP contribution in [0.4, 0.5) is 18.9 Å². The molecule has 3 N–H and O–H groups in total. The van der Waals surface area contributed by atoms with Gasteiger partial charge in [-0.3, -0.25) is 4.99 Å². The number of alkyl halides is 3. The Bertz CT molecular complexity index is 419. The Hall–Kier alpha value is -0.990. The van der Waals surface area contributed by atoms with E-state index in [1.807, 2.05) is 25.1 Å². The molecule has 0 saturated carbocycles. The van der Waals surface area contributed by atoms with Crippen LogP contribution in [-0.2, 0) is 6.42 Å². The molecule has 0 fully saturated rings. The van der Waals surface area contributed by atoms with Gasteiger partial charge in [-0.15, -0.1) is 24.0 Å². The highest BCUT2D eigenvalue weighted by Gasteiger charge is 2.26. The standard InChI is InChI=1S/C12H16F3N3.HI/c1-2-9-4-3-5-10(8-9)18-11(16)17-7-6-12(13,14)15;/h3-5,8H,2,6-7H2,1H3,(H3,16,17,18);1H. The van der Waals surface area contributed by atoms with E-state index in [1.165, 1.54) is 0 Å². The zero-order chi connectivity index (χ0) is 13.6. The van der Waals surface area contributed by atoms with Crippen molar-refractivity contribution < 1.29 is 13.2 Å². The molecule has 108 valence electrons. The summed E-state index contributed by atoms with van der Waals surface area (Å²) >= 11 is 0. The fraction of sp³-hybridized carbons (Fsp3) is 0.417. The normalized spacial score (nSPS) is 11.9. The van der Waals surface area contributed by atoms with Crippen molar-refractivity contribution in [2.75, 3.05) is 11.9 Å². The molecule has 1 rings (SSSR count). The maximum atomic E-state index is 11.9. The molecule has 0 aliphatic carbocycles. The lowest BCUT2D eigenvalue weighted by molar-refractivity contribution is -0.132. The molecule has 0 aromatic heterocycles. The van der Waals surface area contributed by atoms with Gasteiger partial charge >= 0.3 is 6.18 Å². The van der Waals surface area contributed by atoms with Crippen molar-refractivity contribution in [2.45, 2.75) is 25.9 Å². The molecule has 0 aliphatic rings. The van der Waals surface area contributed by atoms with Crippen LogP contribution in [0.15, 0.2) is 29.3 Å². The van der Waals surface area contributed by atoms with E-state index in [0.29, 0.717) is 0 Å². The van der Waals surface area contributed by atoms with Gasteiger partial charge in [0.25, 0.3) is 0 Å². The zero-order valence-electron chi connectivity index (χ0n) is 10.5. The van der Waals surface area contributed by atoms with E-state index in [9.17, 15) is 13.2 Å². The second kappa shape index (κ2) is 8.23. The molecule has 0 heterocycles. The maximum absolute atomic E-state index is 11.9. The van der Waals surface area contributed by atoms with E-state index < -0.39 is 12.6 Å². The number of nitrogens with one attached hydrogen (secondary N) is 1. The van der Waals surface area contributed by atoms with Gasteiger partial charge in [-0.1, -0.05) is 19.1 Å². The fourth-order valence-electron chi connectivity index (χ4n) is 1.36. The third-order valence-electron chi connectivity index (χ3n) is 2.29. The maximum Gasteiger partial charge on any atom is 0.390 e. The molecular formula is C12H17F3IN3. The average molecular weight is 387 g/mol. The van der Waals surface area contributed by atoms with Crippen molar-refractivity contribution in [1.82, 2.24) is 0 Å². The van der Waals surface area contributed by atoms with Gasteiger partial charge in [-0.05, 0) is 24.1 Å². The van der Waals surface area contributed by atoms with Crippen molar-refractivity contribution in [2.24, 2.45) is 10.7 Å². The first kappa shape index (κ1) is 18.0. The minimum Gasteiger partial charge on any atom is -0.370 e. The van der Waals surface area contributed by atoms with Crippen LogP contribution in [0.2, 0.25) is 0 Å². The zero-order valence-corrected chi connectivity index (χ0v) is 12.8. The van der Waals surface area contributed by atoms with Crippen molar-refractivity contribution in [3.63, 3.8) is 0 Å². The van der Waals surface area contributed by atoms with E-state index in [4.69, 9.17) is 5.73 Å². The molecule has 1 aromatic carbocycles. The summed E-state index contributed by atoms with van der Waals surface area (Å²) in [5, 5.41) is 2.76. The van der Waals surface area contributed by atoms with Crippen LogP contribution in [0, 0.1) is 0 Å². The molecule has 0 bridgehead atoms. The number of hydrogen-bond donors (Lipinski definition) is 2. The first-order valence-corrected chi connectivity index (χ1v) is 5.63. The fourth-order valence-corrected chi connectivity index (χ4v) is 1.36. The van der Waals surface area contributed by atoms with Crippen molar-refractivity contribution in [3.8, 4) is 0 Å². The molecule has 0 spiro atoms. The van der Waals surface area contributed by atoms with Gasteiger partial charge in [0.2, 0.25) is 0 Å². The summed E-state index contributed by atoms with van der Waals surface area (Å²) in [6, 6.07) is 7.48. The number of benzene rings is 1. The molecule has 1 aromatic rings. The molecule has 0 atom stereocenters. The molecule has 0 saturated heterocycles. The third kappa shape index (κ3) is 7.91. The number of nitrogens with zero attached hydrogens (tertiary/aromatic N) is 1. The molecule has 0 radical (unpaired) electrons. The van der Waals surface area contributed by atoms with E-state index in [0.717, 1.165) is 17.7 Å². The van der Waals surface area contributed by atoms with Crippen LogP contribution in [0.3, 0.4) is 0 Å². The molecule has 3 nitrogen and oxygen atoms in total. The van der Waals surface area contributed by atoms with Crippen LogP contribution >= 0.6 is 24.0 Å². The number of guanidine groups is 1. The van der Waals surface area contributed by atoms with E-state index in [-0.39, 0.29) is 36.5 Å². The highest BCUT2D eigenvalue weighted by Crippen LogP contribution is 2.19. The van der Waals surface area contributed by atoms with Gasteiger partial charge in [0, 0.05) is 5.69 Å². The van der Waals surface area contributed by atoms with Crippen molar-refractivity contribution >= 4 is 35.6 Å². The molecule has 7 heteroatoms. The second-order valence-corrected chi connectivity index (χ2v) is 3.81. The average Bonchev–Trinajstić information content (AvgIpc) is 2.27. The van der Waals surface area contributed by atoms with Gasteiger partial charge in [-0.2, -0.15) is 13.2 Å². The predicted molar refractivity (Wildman–Crippen MR) is 82.0 cm³/mol. The highest BCUT2D eigenvalue weighted by atomic mass is 127. The number of halogens is 4. The summed E-state index contributed by atoms with van der Waals surface area (Å²) in [4.78, 5) is 3.62. The monoisotopic (exact) mass is 387 g/mol. The Labute approximate surface area is 127 Å². The lowest BCUT2D eigenvalue weighted by atomic mass is 10.1. The van der Waals surface area contributed by atoms with Crippen LogP contribution in [-0.4, -0.2) is 18.7 Å². The summed E-state index contributed by atoms with van der Waals surface area (Å²) in [6.07, 6.45) is -4.29. The number of hydrogen-bond acceptors (Lipinski definition) is 1. The Morgan fingerprint density at radius 1 is 1.37 bits per heavy atom. The molecule has 0 aliphatic heterocycles. The van der Waals surface area contributed by atoms with E-state index in [2.05, 4.69) is 10.3 Å². The van der Waals surface area contributed by atoms with Crippen LogP contribution in [0.25, 0.3) is 0 Å². The number of aliphatic imine (C=N–C) groups is 1. The summed E-state index contributed by atoms with van der Waals surface area (Å²) in [6.45, 7) is 1.65. The summed E-state index contributed by atoms with van der Waals surface area (Å²) in [5.74, 6) is -0.00694. The molecular weight excluding hydrogens is 370 g/mol. The van der Waals surface area contributed by atoms with Gasteiger partial charge in [0.15, 0.2) is 5.96 Å². The Morgan fingerprint density at radius 2 is 2.05 bits per heavy atom. The largest absolute Gasteiger partial charge is 0.390 e. The Balaban J connectivity index is 0.00000324. The minimum absolute atomic E-state index is 0. The van der Waals surface area contributed by atoms with Crippen LogP contribution < -0.4 is 11.1 Å². The van der Waals surface area contributed by atoms with Crippen LogP contribution in [0.5, 0.6) is 0 Å². The second-order valence-electron chi connectivity index (χ2n) is 3.81. The lowest BCUT2D eigenvalue weighted by Crippen LogP contribution is -2.23. The minimum atomic E-state index is -4.20. The molecule has 19 heavy (non-hydrogen) atoms. The van der Waals surface area contributed by atoms with Crippen LogP contribution in [0.1, 0.15) is 18.9 Å². The number of nitrogens with two attached hydrogens (primary N) is 1. The number of rotatable bonds is 4. The first-order chi connectivity index (χ1) is 8.40. The molecule has 0 unspecified atom stereocenters. The van der Waals surface area contributed by atoms with Crippen molar-refractivity contribution in [3.05, 3.63) is 29.8 Å². The summed E-state index contributed by atoms with van der Waals surface area (Å²) in [7, 11) is 0.